The number of sulfonamides is 1. The van der Waals surface area contributed by atoms with Crippen LogP contribution in [0.25, 0.3) is 0 Å². The third-order valence-corrected chi connectivity index (χ3v) is 4.84. The zero-order valence-corrected chi connectivity index (χ0v) is 14.7. The van der Waals surface area contributed by atoms with E-state index in [1.807, 2.05) is 0 Å². The number of methoxy groups -OCH3 is 1. The molecule has 0 aliphatic heterocycles. The van der Waals surface area contributed by atoms with Gasteiger partial charge in [0.1, 0.15) is 6.04 Å². The zero-order valence-electron chi connectivity index (χ0n) is 13.1. The van der Waals surface area contributed by atoms with Crippen LogP contribution in [0.2, 0.25) is 5.02 Å². The van der Waals surface area contributed by atoms with Crippen molar-refractivity contribution in [1.82, 2.24) is 4.72 Å². The molecule has 0 bridgehead atoms. The van der Waals surface area contributed by atoms with E-state index in [4.69, 9.17) is 11.6 Å². The zero-order chi connectivity index (χ0) is 18.7. The van der Waals surface area contributed by atoms with E-state index in [1.165, 1.54) is 0 Å². The third kappa shape index (κ3) is 5.35. The average Bonchev–Trinajstić information content (AvgIpc) is 2.43. The van der Waals surface area contributed by atoms with Crippen LogP contribution in [0, 0.1) is 5.92 Å². The van der Waals surface area contributed by atoms with E-state index in [1.54, 1.807) is 13.8 Å². The Morgan fingerprint density at radius 3 is 2.38 bits per heavy atom. The second-order valence-corrected chi connectivity index (χ2v) is 7.59. The maximum absolute atomic E-state index is 12.9. The van der Waals surface area contributed by atoms with Crippen molar-refractivity contribution >= 4 is 27.6 Å². The van der Waals surface area contributed by atoms with Crippen molar-refractivity contribution in [2.24, 2.45) is 5.92 Å². The minimum atomic E-state index is -4.80. The van der Waals surface area contributed by atoms with Crippen LogP contribution in [0.15, 0.2) is 23.1 Å². The van der Waals surface area contributed by atoms with Crippen molar-refractivity contribution in [2.45, 2.75) is 37.4 Å². The van der Waals surface area contributed by atoms with Crippen LogP contribution >= 0.6 is 11.6 Å². The topological polar surface area (TPSA) is 72.5 Å². The molecular weight excluding hydrogens is 371 g/mol. The quantitative estimate of drug-likeness (QED) is 0.761. The number of hydrogen-bond donors (Lipinski definition) is 1. The Balaban J connectivity index is 3.22. The normalized spacial score (nSPS) is 13.8. The van der Waals surface area contributed by atoms with Gasteiger partial charge in [-0.05, 0) is 30.5 Å². The maximum atomic E-state index is 12.9. The van der Waals surface area contributed by atoms with E-state index >= 15 is 0 Å². The molecule has 1 atom stereocenters. The molecule has 0 fully saturated rings. The second-order valence-electron chi connectivity index (χ2n) is 5.47. The summed E-state index contributed by atoms with van der Waals surface area (Å²) in [5, 5.41) is -0.617. The van der Waals surface area contributed by atoms with Crippen LogP contribution in [0.4, 0.5) is 13.2 Å². The monoisotopic (exact) mass is 387 g/mol. The van der Waals surface area contributed by atoms with Gasteiger partial charge in [0, 0.05) is 0 Å². The summed E-state index contributed by atoms with van der Waals surface area (Å²) in [6, 6.07) is 0.997. The Morgan fingerprint density at radius 1 is 1.33 bits per heavy atom. The number of halogens is 4. The maximum Gasteiger partial charge on any atom is 0.417 e. The molecule has 1 N–H and O–H groups in total. The van der Waals surface area contributed by atoms with Gasteiger partial charge in [0.25, 0.3) is 0 Å². The first-order chi connectivity index (χ1) is 10.9. The summed E-state index contributed by atoms with van der Waals surface area (Å²) in [7, 11) is -3.28. The van der Waals surface area contributed by atoms with E-state index in [-0.39, 0.29) is 12.3 Å². The highest BCUT2D eigenvalue weighted by Crippen LogP contribution is 2.35. The standard InChI is InChI=1S/C14H17ClF3NO4S/c1-8(2)6-12(13(20)23-3)19-24(21,22)9-4-5-11(15)10(7-9)14(16,17)18/h4-5,7-8,12,19H,6H2,1-3H3/t12-/m0/s1. The van der Waals surface area contributed by atoms with Gasteiger partial charge in [0.05, 0.1) is 22.6 Å². The van der Waals surface area contributed by atoms with Crippen molar-refractivity contribution < 1.29 is 31.1 Å². The highest BCUT2D eigenvalue weighted by Gasteiger charge is 2.35. The number of carbonyl (C=O) groups is 1. The number of hydrogen-bond acceptors (Lipinski definition) is 4. The third-order valence-electron chi connectivity index (χ3n) is 3.04. The number of nitrogens with one attached hydrogen (secondary N) is 1. The molecule has 0 aliphatic carbocycles. The van der Waals surface area contributed by atoms with E-state index < -0.39 is 43.7 Å². The molecule has 24 heavy (non-hydrogen) atoms. The first-order valence-electron chi connectivity index (χ1n) is 6.85. The molecule has 0 spiro atoms. The number of alkyl halides is 3. The van der Waals surface area contributed by atoms with Crippen molar-refractivity contribution in [3.63, 3.8) is 0 Å². The van der Waals surface area contributed by atoms with E-state index in [9.17, 15) is 26.4 Å². The Kier molecular flexibility index (Phi) is 6.66. The molecule has 0 heterocycles. The summed E-state index contributed by atoms with van der Waals surface area (Å²) in [6.07, 6.45) is -4.67. The van der Waals surface area contributed by atoms with Crippen LogP contribution in [0.5, 0.6) is 0 Å². The molecule has 0 saturated carbocycles. The van der Waals surface area contributed by atoms with Gasteiger partial charge in [-0.15, -0.1) is 0 Å². The summed E-state index contributed by atoms with van der Waals surface area (Å²) >= 11 is 5.47. The number of esters is 1. The van der Waals surface area contributed by atoms with Crippen molar-refractivity contribution in [3.05, 3.63) is 28.8 Å². The lowest BCUT2D eigenvalue weighted by atomic mass is 10.1. The molecule has 0 saturated heterocycles. The van der Waals surface area contributed by atoms with Crippen LogP contribution in [0.1, 0.15) is 25.8 Å². The lowest BCUT2D eigenvalue weighted by molar-refractivity contribution is -0.143. The largest absolute Gasteiger partial charge is 0.468 e. The molecule has 0 radical (unpaired) electrons. The molecule has 0 amide bonds. The minimum absolute atomic E-state index is 0.0484. The van der Waals surface area contributed by atoms with E-state index in [0.717, 1.165) is 19.2 Å². The van der Waals surface area contributed by atoms with Gasteiger partial charge in [0.2, 0.25) is 10.0 Å². The summed E-state index contributed by atoms with van der Waals surface area (Å²) < 4.78 is 69.8. The van der Waals surface area contributed by atoms with Gasteiger partial charge in [-0.2, -0.15) is 17.9 Å². The van der Waals surface area contributed by atoms with Crippen LogP contribution in [-0.4, -0.2) is 27.5 Å². The van der Waals surface area contributed by atoms with Crippen molar-refractivity contribution in [3.8, 4) is 0 Å². The van der Waals surface area contributed by atoms with Gasteiger partial charge < -0.3 is 4.74 Å². The fourth-order valence-corrected chi connectivity index (χ4v) is 3.40. The average molecular weight is 388 g/mol. The number of benzene rings is 1. The van der Waals surface area contributed by atoms with Crippen LogP contribution in [-0.2, 0) is 25.7 Å². The lowest BCUT2D eigenvalue weighted by Crippen LogP contribution is -2.42. The molecule has 136 valence electrons. The first kappa shape index (κ1) is 20.7. The molecule has 0 unspecified atom stereocenters. The van der Waals surface area contributed by atoms with Gasteiger partial charge >= 0.3 is 12.1 Å². The Morgan fingerprint density at radius 2 is 1.92 bits per heavy atom. The van der Waals surface area contributed by atoms with Crippen molar-refractivity contribution in [2.75, 3.05) is 7.11 Å². The smallest absolute Gasteiger partial charge is 0.417 e. The predicted molar refractivity (Wildman–Crippen MR) is 82.0 cm³/mol. The lowest BCUT2D eigenvalue weighted by Gasteiger charge is -2.19. The van der Waals surface area contributed by atoms with E-state index in [2.05, 4.69) is 9.46 Å². The predicted octanol–water partition coefficient (Wildman–Crippen LogP) is 3.22. The van der Waals surface area contributed by atoms with E-state index in [0.29, 0.717) is 6.07 Å². The molecule has 0 aromatic heterocycles. The highest BCUT2D eigenvalue weighted by atomic mass is 35.5. The number of carbonyl (C=O) groups excluding carboxylic acids is 1. The number of rotatable bonds is 6. The second kappa shape index (κ2) is 7.71. The Hall–Kier alpha value is -1.32. The minimum Gasteiger partial charge on any atom is -0.468 e. The molecule has 5 nitrogen and oxygen atoms in total. The van der Waals surface area contributed by atoms with Crippen molar-refractivity contribution in [1.29, 1.82) is 0 Å². The molecule has 1 aromatic rings. The molecule has 1 rings (SSSR count). The fraction of sp³-hybridized carbons (Fsp3) is 0.500. The van der Waals surface area contributed by atoms with Gasteiger partial charge in [-0.25, -0.2) is 8.42 Å². The SMILES string of the molecule is COC(=O)[C@H](CC(C)C)NS(=O)(=O)c1ccc(Cl)c(C(F)(F)F)c1. The van der Waals surface area contributed by atoms with Crippen LogP contribution in [0.3, 0.4) is 0 Å². The number of ether oxygens (including phenoxy) is 1. The van der Waals surface area contributed by atoms with Gasteiger partial charge in [-0.1, -0.05) is 25.4 Å². The Bertz CT molecular complexity index is 704. The first-order valence-corrected chi connectivity index (χ1v) is 8.71. The molecule has 0 aliphatic rings. The van der Waals surface area contributed by atoms with Crippen LogP contribution < -0.4 is 4.72 Å². The summed E-state index contributed by atoms with van der Waals surface area (Å²) in [6.45, 7) is 3.52. The Labute approximate surface area is 143 Å². The van der Waals surface area contributed by atoms with Gasteiger partial charge in [-0.3, -0.25) is 4.79 Å². The molecule has 1 aromatic carbocycles. The summed E-state index contributed by atoms with van der Waals surface area (Å²) in [5.74, 6) is -0.870. The molecular formula is C14H17ClF3NO4S. The molecule has 10 heteroatoms. The summed E-state index contributed by atoms with van der Waals surface area (Å²) in [5.41, 5.74) is -1.27. The van der Waals surface area contributed by atoms with Gasteiger partial charge in [0.15, 0.2) is 0 Å². The highest BCUT2D eigenvalue weighted by molar-refractivity contribution is 7.89. The fourth-order valence-electron chi connectivity index (χ4n) is 1.95. The summed E-state index contributed by atoms with van der Waals surface area (Å²) in [4.78, 5) is 11.0.